The Morgan fingerprint density at radius 1 is 1.38 bits per heavy atom. The van der Waals surface area contributed by atoms with E-state index in [9.17, 15) is 8.78 Å². The smallest absolute Gasteiger partial charge is 0.250 e. The molecule has 0 bridgehead atoms. The van der Waals surface area contributed by atoms with Gasteiger partial charge in [0.25, 0.3) is 6.43 Å². The molecule has 16 heavy (non-hydrogen) atoms. The van der Waals surface area contributed by atoms with Gasteiger partial charge in [0.2, 0.25) is 0 Å². The van der Waals surface area contributed by atoms with Gasteiger partial charge in [0.05, 0.1) is 6.54 Å². The quantitative estimate of drug-likeness (QED) is 0.850. The van der Waals surface area contributed by atoms with Crippen molar-refractivity contribution in [3.8, 4) is 0 Å². The second kappa shape index (κ2) is 4.80. The van der Waals surface area contributed by atoms with Gasteiger partial charge < -0.3 is 10.3 Å². The fraction of sp³-hybridized carbons (Fsp3) is 0.273. The van der Waals surface area contributed by atoms with Crippen LogP contribution in [-0.4, -0.2) is 18.0 Å². The first-order valence-electron chi connectivity index (χ1n) is 4.91. The molecule has 0 aliphatic heterocycles. The number of hydrogen-bond acceptors (Lipinski definition) is 1. The lowest BCUT2D eigenvalue weighted by molar-refractivity contribution is 0.145. The molecule has 0 atom stereocenters. The van der Waals surface area contributed by atoms with Crippen molar-refractivity contribution >= 4 is 22.5 Å². The van der Waals surface area contributed by atoms with E-state index in [1.54, 1.807) is 12.3 Å². The molecule has 5 heteroatoms. The zero-order valence-corrected chi connectivity index (χ0v) is 9.19. The number of H-pyrrole nitrogens is 1. The first-order chi connectivity index (χ1) is 7.66. The van der Waals surface area contributed by atoms with Gasteiger partial charge >= 0.3 is 0 Å². The molecule has 0 saturated heterocycles. The Morgan fingerprint density at radius 2 is 2.19 bits per heavy atom. The van der Waals surface area contributed by atoms with E-state index in [0.29, 0.717) is 11.6 Å². The fourth-order valence-electron chi connectivity index (χ4n) is 1.62. The van der Waals surface area contributed by atoms with Gasteiger partial charge in [-0.1, -0.05) is 17.7 Å². The molecule has 1 aromatic carbocycles. The van der Waals surface area contributed by atoms with Crippen molar-refractivity contribution in [3.05, 3.63) is 35.0 Å². The Hall–Kier alpha value is -1.13. The first kappa shape index (κ1) is 11.4. The van der Waals surface area contributed by atoms with Gasteiger partial charge in [-0.2, -0.15) is 0 Å². The van der Waals surface area contributed by atoms with Crippen molar-refractivity contribution in [2.24, 2.45) is 0 Å². The van der Waals surface area contributed by atoms with Crippen LogP contribution in [0, 0.1) is 0 Å². The van der Waals surface area contributed by atoms with E-state index in [2.05, 4.69) is 10.3 Å². The normalized spacial score (nSPS) is 11.5. The number of alkyl halides is 2. The standard InChI is InChI=1S/C11H11ClF2N2/c12-8-1-2-9-7(4-15-6-11(13)14)5-16-10(9)3-8/h1-3,5,11,15-16H,4,6H2. The molecule has 0 radical (unpaired) electrons. The summed E-state index contributed by atoms with van der Waals surface area (Å²) in [6.07, 6.45) is -0.515. The van der Waals surface area contributed by atoms with Gasteiger partial charge in [-0.05, 0) is 17.7 Å². The number of hydrogen-bond donors (Lipinski definition) is 2. The molecule has 2 aromatic rings. The monoisotopic (exact) mass is 244 g/mol. The molecular weight excluding hydrogens is 234 g/mol. The van der Waals surface area contributed by atoms with Crippen molar-refractivity contribution in [2.45, 2.75) is 13.0 Å². The number of aromatic amines is 1. The largest absolute Gasteiger partial charge is 0.361 e. The third kappa shape index (κ3) is 2.51. The number of aromatic nitrogens is 1. The fourth-order valence-corrected chi connectivity index (χ4v) is 1.79. The van der Waals surface area contributed by atoms with Crippen molar-refractivity contribution in [2.75, 3.05) is 6.54 Å². The number of nitrogens with one attached hydrogen (secondary N) is 2. The molecule has 2 nitrogen and oxygen atoms in total. The van der Waals surface area contributed by atoms with Crippen LogP contribution in [0.5, 0.6) is 0 Å². The molecule has 0 spiro atoms. The summed E-state index contributed by atoms with van der Waals surface area (Å²) >= 11 is 5.84. The average Bonchev–Trinajstić information content (AvgIpc) is 2.60. The van der Waals surface area contributed by atoms with Crippen LogP contribution in [0.4, 0.5) is 8.78 Å². The summed E-state index contributed by atoms with van der Waals surface area (Å²) in [5.41, 5.74) is 1.88. The third-order valence-electron chi connectivity index (χ3n) is 2.34. The zero-order chi connectivity index (χ0) is 11.5. The van der Waals surface area contributed by atoms with Gasteiger partial charge in [-0.3, -0.25) is 0 Å². The van der Waals surface area contributed by atoms with Crippen LogP contribution in [0.25, 0.3) is 10.9 Å². The lowest BCUT2D eigenvalue weighted by Gasteiger charge is -2.02. The molecule has 0 amide bonds. The van der Waals surface area contributed by atoms with Gasteiger partial charge in [-0.25, -0.2) is 8.78 Å². The van der Waals surface area contributed by atoms with Gasteiger partial charge in [0.1, 0.15) is 0 Å². The number of fused-ring (bicyclic) bond motifs is 1. The van der Waals surface area contributed by atoms with Crippen LogP contribution < -0.4 is 5.32 Å². The van der Waals surface area contributed by atoms with E-state index in [4.69, 9.17) is 11.6 Å². The molecule has 0 saturated carbocycles. The average molecular weight is 245 g/mol. The van der Waals surface area contributed by atoms with E-state index in [1.165, 1.54) is 0 Å². The Bertz CT molecular complexity index is 482. The highest BCUT2D eigenvalue weighted by Gasteiger charge is 2.05. The molecular formula is C11H11ClF2N2. The maximum atomic E-state index is 11.9. The Balaban J connectivity index is 2.13. The maximum absolute atomic E-state index is 11.9. The highest BCUT2D eigenvalue weighted by Crippen LogP contribution is 2.21. The summed E-state index contributed by atoms with van der Waals surface area (Å²) in [5, 5.41) is 4.35. The third-order valence-corrected chi connectivity index (χ3v) is 2.58. The molecule has 0 fully saturated rings. The molecule has 0 aliphatic carbocycles. The predicted molar refractivity (Wildman–Crippen MR) is 61.0 cm³/mol. The SMILES string of the molecule is FC(F)CNCc1c[nH]c2cc(Cl)ccc12. The Kier molecular flexibility index (Phi) is 3.41. The highest BCUT2D eigenvalue weighted by molar-refractivity contribution is 6.31. The van der Waals surface area contributed by atoms with Crippen LogP contribution in [0.1, 0.15) is 5.56 Å². The summed E-state index contributed by atoms with van der Waals surface area (Å²) in [5.74, 6) is 0. The molecule has 2 rings (SSSR count). The van der Waals surface area contributed by atoms with E-state index in [1.807, 2.05) is 12.1 Å². The Labute approximate surface area is 96.6 Å². The molecule has 1 aromatic heterocycles. The molecule has 0 unspecified atom stereocenters. The van der Waals surface area contributed by atoms with Crippen LogP contribution in [0.2, 0.25) is 5.02 Å². The number of benzene rings is 1. The van der Waals surface area contributed by atoms with Crippen LogP contribution in [0.15, 0.2) is 24.4 Å². The van der Waals surface area contributed by atoms with Crippen LogP contribution in [0.3, 0.4) is 0 Å². The van der Waals surface area contributed by atoms with Crippen molar-refractivity contribution < 1.29 is 8.78 Å². The van der Waals surface area contributed by atoms with Gasteiger partial charge in [0, 0.05) is 28.7 Å². The lowest BCUT2D eigenvalue weighted by Crippen LogP contribution is -2.20. The number of rotatable bonds is 4. The van der Waals surface area contributed by atoms with Crippen LogP contribution in [-0.2, 0) is 6.54 Å². The number of halogens is 3. The van der Waals surface area contributed by atoms with Crippen molar-refractivity contribution in [3.63, 3.8) is 0 Å². The van der Waals surface area contributed by atoms with Gasteiger partial charge in [0.15, 0.2) is 0 Å². The summed E-state index contributed by atoms with van der Waals surface area (Å²) in [4.78, 5) is 3.06. The second-order valence-corrected chi connectivity index (χ2v) is 3.96. The van der Waals surface area contributed by atoms with Crippen molar-refractivity contribution in [1.82, 2.24) is 10.3 Å². The predicted octanol–water partition coefficient (Wildman–Crippen LogP) is 3.18. The minimum Gasteiger partial charge on any atom is -0.361 e. The summed E-state index contributed by atoms with van der Waals surface area (Å²) in [6, 6.07) is 5.48. The van der Waals surface area contributed by atoms with Gasteiger partial charge in [-0.15, -0.1) is 0 Å². The molecule has 2 N–H and O–H groups in total. The van der Waals surface area contributed by atoms with E-state index >= 15 is 0 Å². The van der Waals surface area contributed by atoms with E-state index in [0.717, 1.165) is 16.5 Å². The topological polar surface area (TPSA) is 27.8 Å². The molecule has 86 valence electrons. The minimum atomic E-state index is -2.32. The van der Waals surface area contributed by atoms with Crippen LogP contribution >= 0.6 is 11.6 Å². The van der Waals surface area contributed by atoms with E-state index < -0.39 is 6.43 Å². The van der Waals surface area contributed by atoms with E-state index in [-0.39, 0.29) is 6.54 Å². The molecule has 1 heterocycles. The summed E-state index contributed by atoms with van der Waals surface area (Å²) in [7, 11) is 0. The summed E-state index contributed by atoms with van der Waals surface area (Å²) in [6.45, 7) is 0.131. The lowest BCUT2D eigenvalue weighted by atomic mass is 10.2. The Morgan fingerprint density at radius 3 is 2.94 bits per heavy atom. The second-order valence-electron chi connectivity index (χ2n) is 3.53. The van der Waals surface area contributed by atoms with Crippen molar-refractivity contribution in [1.29, 1.82) is 0 Å². The highest BCUT2D eigenvalue weighted by atomic mass is 35.5. The molecule has 0 aliphatic rings. The zero-order valence-electron chi connectivity index (χ0n) is 8.43. The minimum absolute atomic E-state index is 0.291. The summed E-state index contributed by atoms with van der Waals surface area (Å²) < 4.78 is 23.9. The first-order valence-corrected chi connectivity index (χ1v) is 5.29. The maximum Gasteiger partial charge on any atom is 0.250 e.